The van der Waals surface area contributed by atoms with Gasteiger partial charge in [-0.15, -0.1) is 5.90 Å². The van der Waals surface area contributed by atoms with Gasteiger partial charge < -0.3 is 4.94 Å². The molecule has 1 aliphatic rings. The third-order valence-electron chi connectivity index (χ3n) is 2.11. The van der Waals surface area contributed by atoms with Crippen LogP contribution in [0.25, 0.3) is 0 Å². The summed E-state index contributed by atoms with van der Waals surface area (Å²) >= 11 is 0. The van der Waals surface area contributed by atoms with Crippen LogP contribution in [0.4, 0.5) is 0 Å². The van der Waals surface area contributed by atoms with Crippen LogP contribution in [0.15, 0.2) is 5.16 Å². The van der Waals surface area contributed by atoms with Gasteiger partial charge in [0.2, 0.25) is 0 Å². The number of hydrogen-bond donors (Lipinski definition) is 1. The van der Waals surface area contributed by atoms with Gasteiger partial charge in [-0.2, -0.15) is 0 Å². The van der Waals surface area contributed by atoms with Crippen molar-refractivity contribution in [3.8, 4) is 0 Å². The topological polar surface area (TPSA) is 47.6 Å². The van der Waals surface area contributed by atoms with E-state index < -0.39 is 0 Å². The molecule has 0 heterocycles. The molecule has 64 valence electrons. The average Bonchev–Trinajstić information content (AvgIpc) is 1.94. The molecule has 0 atom stereocenters. The van der Waals surface area contributed by atoms with Crippen LogP contribution in [-0.4, -0.2) is 5.71 Å². The van der Waals surface area contributed by atoms with E-state index in [1.807, 2.05) is 0 Å². The summed E-state index contributed by atoms with van der Waals surface area (Å²) in [7, 11) is 0. The van der Waals surface area contributed by atoms with Crippen molar-refractivity contribution in [3.63, 3.8) is 0 Å². The predicted molar refractivity (Wildman–Crippen MR) is 45.0 cm³/mol. The van der Waals surface area contributed by atoms with E-state index in [0.717, 1.165) is 18.6 Å². The van der Waals surface area contributed by atoms with Crippen LogP contribution in [0.2, 0.25) is 0 Å². The molecule has 0 saturated heterocycles. The quantitative estimate of drug-likeness (QED) is 0.590. The third kappa shape index (κ3) is 3.37. The van der Waals surface area contributed by atoms with Gasteiger partial charge in [0, 0.05) is 0 Å². The zero-order valence-corrected chi connectivity index (χ0v) is 6.88. The summed E-state index contributed by atoms with van der Waals surface area (Å²) in [5.74, 6) is 4.86. The van der Waals surface area contributed by atoms with Gasteiger partial charge in [-0.25, -0.2) is 0 Å². The van der Waals surface area contributed by atoms with E-state index in [2.05, 4.69) is 10.1 Å². The van der Waals surface area contributed by atoms with Crippen molar-refractivity contribution in [2.75, 3.05) is 0 Å². The fourth-order valence-corrected chi connectivity index (χ4v) is 1.48. The molecule has 0 aromatic heterocycles. The molecule has 0 spiro atoms. The van der Waals surface area contributed by atoms with E-state index in [0.29, 0.717) is 0 Å². The lowest BCUT2D eigenvalue weighted by Gasteiger charge is -2.08. The minimum Gasteiger partial charge on any atom is -0.303 e. The summed E-state index contributed by atoms with van der Waals surface area (Å²) in [6.45, 7) is 0. The molecule has 0 aromatic rings. The van der Waals surface area contributed by atoms with Gasteiger partial charge in [-0.3, -0.25) is 0 Å². The second-order valence-electron chi connectivity index (χ2n) is 3.03. The Hall–Kier alpha value is -0.570. The van der Waals surface area contributed by atoms with E-state index in [9.17, 15) is 0 Å². The first kappa shape index (κ1) is 8.53. The van der Waals surface area contributed by atoms with E-state index in [1.54, 1.807) is 0 Å². The molecule has 0 radical (unpaired) electrons. The molecule has 3 nitrogen and oxygen atoms in total. The lowest BCUT2D eigenvalue weighted by molar-refractivity contribution is 0.147. The number of nitrogens with two attached hydrogens (primary N) is 1. The summed E-state index contributed by atoms with van der Waals surface area (Å²) in [6.07, 6.45) is 8.63. The molecule has 0 unspecified atom stereocenters. The maximum Gasteiger partial charge on any atom is 0.0597 e. The van der Waals surface area contributed by atoms with E-state index in [1.165, 1.54) is 32.1 Å². The zero-order chi connectivity index (χ0) is 7.94. The summed E-state index contributed by atoms with van der Waals surface area (Å²) in [5, 5.41) is 3.78. The van der Waals surface area contributed by atoms with Crippen LogP contribution < -0.4 is 5.90 Å². The predicted octanol–water partition coefficient (Wildman–Crippen LogP) is 1.98. The molecule has 3 heteroatoms. The van der Waals surface area contributed by atoms with Crippen LogP contribution in [-0.2, 0) is 4.94 Å². The molecular formula is C8H16N2O. The minimum absolute atomic E-state index is 1.07. The molecular weight excluding hydrogens is 140 g/mol. The summed E-state index contributed by atoms with van der Waals surface area (Å²) in [6, 6.07) is 0. The third-order valence-corrected chi connectivity index (χ3v) is 2.11. The Balaban J connectivity index is 2.31. The smallest absolute Gasteiger partial charge is 0.0597 e. The molecule has 0 aromatic carbocycles. The highest BCUT2D eigenvalue weighted by molar-refractivity contribution is 5.83. The van der Waals surface area contributed by atoms with Crippen molar-refractivity contribution in [2.24, 2.45) is 11.1 Å². The second kappa shape index (κ2) is 5.13. The molecule has 0 amide bonds. The van der Waals surface area contributed by atoms with E-state index in [-0.39, 0.29) is 0 Å². The first-order valence-corrected chi connectivity index (χ1v) is 4.35. The first-order valence-electron chi connectivity index (χ1n) is 4.35. The first-order chi connectivity index (χ1) is 5.43. The van der Waals surface area contributed by atoms with Gasteiger partial charge in [-0.1, -0.05) is 24.4 Å². The Morgan fingerprint density at radius 3 is 2.09 bits per heavy atom. The van der Waals surface area contributed by atoms with Crippen LogP contribution in [0.1, 0.15) is 44.9 Å². The highest BCUT2D eigenvalue weighted by atomic mass is 16.7. The van der Waals surface area contributed by atoms with Crippen molar-refractivity contribution in [1.82, 2.24) is 0 Å². The van der Waals surface area contributed by atoms with Gasteiger partial charge in [-0.05, 0) is 25.7 Å². The SMILES string of the molecule is NON=C1CCCCCCC1. The average molecular weight is 156 g/mol. The second-order valence-corrected chi connectivity index (χ2v) is 3.03. The fourth-order valence-electron chi connectivity index (χ4n) is 1.48. The number of rotatable bonds is 1. The van der Waals surface area contributed by atoms with Crippen molar-refractivity contribution < 1.29 is 4.94 Å². The van der Waals surface area contributed by atoms with E-state index in [4.69, 9.17) is 5.90 Å². The van der Waals surface area contributed by atoms with Gasteiger partial charge in [0.15, 0.2) is 0 Å². The Labute approximate surface area is 67.5 Å². The normalized spacial score (nSPS) is 20.3. The van der Waals surface area contributed by atoms with Gasteiger partial charge in [0.1, 0.15) is 0 Å². The van der Waals surface area contributed by atoms with E-state index >= 15 is 0 Å². The fraction of sp³-hybridized carbons (Fsp3) is 0.875. The lowest BCUT2D eigenvalue weighted by atomic mass is 9.99. The standard InChI is InChI=1S/C8H16N2O/c9-11-10-8-6-4-2-1-3-5-7-8/h1-7,9H2. The lowest BCUT2D eigenvalue weighted by Crippen LogP contribution is -2.04. The van der Waals surface area contributed by atoms with Crippen LogP contribution >= 0.6 is 0 Å². The van der Waals surface area contributed by atoms with Crippen LogP contribution in [0.5, 0.6) is 0 Å². The van der Waals surface area contributed by atoms with Gasteiger partial charge >= 0.3 is 0 Å². The molecule has 0 aliphatic heterocycles. The highest BCUT2D eigenvalue weighted by Gasteiger charge is 2.04. The molecule has 1 aliphatic carbocycles. The Morgan fingerprint density at radius 2 is 1.55 bits per heavy atom. The number of oxime groups is 1. The summed E-state index contributed by atoms with van der Waals surface area (Å²) in [5.41, 5.74) is 1.13. The molecule has 1 fully saturated rings. The molecule has 1 rings (SSSR count). The van der Waals surface area contributed by atoms with Crippen LogP contribution in [0.3, 0.4) is 0 Å². The maximum atomic E-state index is 4.86. The number of nitrogens with zero attached hydrogens (tertiary/aromatic N) is 1. The Kier molecular flexibility index (Phi) is 3.98. The molecule has 11 heavy (non-hydrogen) atoms. The molecule has 0 bridgehead atoms. The Bertz CT molecular complexity index is 124. The Morgan fingerprint density at radius 1 is 1.00 bits per heavy atom. The van der Waals surface area contributed by atoms with Crippen molar-refractivity contribution in [1.29, 1.82) is 0 Å². The van der Waals surface area contributed by atoms with Crippen molar-refractivity contribution in [2.45, 2.75) is 44.9 Å². The number of hydrogen-bond acceptors (Lipinski definition) is 3. The van der Waals surface area contributed by atoms with Crippen molar-refractivity contribution >= 4 is 5.71 Å². The minimum atomic E-state index is 1.07. The maximum absolute atomic E-state index is 4.86. The van der Waals surface area contributed by atoms with Crippen molar-refractivity contribution in [3.05, 3.63) is 0 Å². The molecule has 2 N–H and O–H groups in total. The zero-order valence-electron chi connectivity index (χ0n) is 6.88. The highest BCUT2D eigenvalue weighted by Crippen LogP contribution is 2.14. The molecule has 1 saturated carbocycles. The monoisotopic (exact) mass is 156 g/mol. The summed E-state index contributed by atoms with van der Waals surface area (Å²) < 4.78 is 0. The summed E-state index contributed by atoms with van der Waals surface area (Å²) in [4.78, 5) is 4.27. The van der Waals surface area contributed by atoms with Crippen LogP contribution in [0, 0.1) is 0 Å². The largest absolute Gasteiger partial charge is 0.303 e. The van der Waals surface area contributed by atoms with Gasteiger partial charge in [0.05, 0.1) is 5.71 Å². The van der Waals surface area contributed by atoms with Gasteiger partial charge in [0.25, 0.3) is 0 Å².